The van der Waals surface area contributed by atoms with Crippen molar-refractivity contribution in [2.75, 3.05) is 6.61 Å². The van der Waals surface area contributed by atoms with E-state index in [0.717, 1.165) is 57.1 Å². The number of aryl methyl sites for hydroxylation is 2. The molecule has 30 heavy (non-hydrogen) atoms. The Morgan fingerprint density at radius 1 is 1.33 bits per heavy atom. The number of pyridine rings is 1. The maximum absolute atomic E-state index is 12.5. The molecule has 8 heteroatoms. The normalized spacial score (nSPS) is 13.9. The zero-order chi connectivity index (χ0) is 21.0. The number of thiazole rings is 1. The van der Waals surface area contributed by atoms with Gasteiger partial charge in [0.05, 0.1) is 29.7 Å². The summed E-state index contributed by atoms with van der Waals surface area (Å²) < 4.78 is 9.03. The second kappa shape index (κ2) is 7.05. The molecule has 0 atom stereocenters. The van der Waals surface area contributed by atoms with Crippen molar-refractivity contribution in [1.82, 2.24) is 24.4 Å². The summed E-state index contributed by atoms with van der Waals surface area (Å²) in [6.45, 7) is 6.28. The van der Waals surface area contributed by atoms with Gasteiger partial charge < -0.3 is 4.74 Å². The van der Waals surface area contributed by atoms with Crippen molar-refractivity contribution in [1.29, 1.82) is 0 Å². The maximum Gasteiger partial charge on any atom is 0.350 e. The molecule has 0 aliphatic heterocycles. The molecule has 0 N–H and O–H groups in total. The van der Waals surface area contributed by atoms with Crippen molar-refractivity contribution in [3.63, 3.8) is 0 Å². The van der Waals surface area contributed by atoms with Crippen LogP contribution >= 0.6 is 11.3 Å². The Kier molecular flexibility index (Phi) is 4.47. The molecule has 154 valence electrons. The monoisotopic (exact) mass is 421 g/mol. The van der Waals surface area contributed by atoms with E-state index in [1.165, 1.54) is 11.3 Å². The number of rotatable bonds is 5. The van der Waals surface area contributed by atoms with Crippen molar-refractivity contribution in [3.05, 3.63) is 46.5 Å². The summed E-state index contributed by atoms with van der Waals surface area (Å²) in [5, 5.41) is 9.92. The summed E-state index contributed by atoms with van der Waals surface area (Å²) in [6.07, 6.45) is 6.00. The molecule has 7 nitrogen and oxygen atoms in total. The number of esters is 1. The Labute approximate surface area is 178 Å². The van der Waals surface area contributed by atoms with Crippen molar-refractivity contribution in [3.8, 4) is 21.7 Å². The zero-order valence-corrected chi connectivity index (χ0v) is 18.3. The molecule has 0 amide bonds. The first-order chi connectivity index (χ1) is 14.5. The lowest BCUT2D eigenvalue weighted by Crippen LogP contribution is -2.05. The highest BCUT2D eigenvalue weighted by molar-refractivity contribution is 7.17. The molecule has 1 aliphatic carbocycles. The van der Waals surface area contributed by atoms with Crippen LogP contribution in [0.25, 0.3) is 27.2 Å². The Morgan fingerprint density at radius 2 is 2.13 bits per heavy atom. The van der Waals surface area contributed by atoms with Gasteiger partial charge >= 0.3 is 5.97 Å². The SMILES string of the molecule is CCOC(=O)c1sc(-c2ccn3ncc(-c4c(C)nn(C)c4C)c3c2)nc1C1CC1. The minimum Gasteiger partial charge on any atom is -0.462 e. The van der Waals surface area contributed by atoms with E-state index in [4.69, 9.17) is 9.72 Å². The second-order valence-electron chi connectivity index (χ2n) is 7.70. The van der Waals surface area contributed by atoms with E-state index < -0.39 is 0 Å². The van der Waals surface area contributed by atoms with Gasteiger partial charge in [0, 0.05) is 41.5 Å². The number of hydrogen-bond donors (Lipinski definition) is 0. The first-order valence-electron chi connectivity index (χ1n) is 10.1. The van der Waals surface area contributed by atoms with Crippen molar-refractivity contribution in [2.45, 2.75) is 39.5 Å². The quantitative estimate of drug-likeness (QED) is 0.443. The van der Waals surface area contributed by atoms with E-state index in [1.807, 2.05) is 48.6 Å². The Bertz CT molecular complexity index is 1280. The van der Waals surface area contributed by atoms with Crippen molar-refractivity contribution >= 4 is 22.8 Å². The molecule has 1 fully saturated rings. The topological polar surface area (TPSA) is 74.3 Å². The van der Waals surface area contributed by atoms with Crippen LogP contribution in [0, 0.1) is 13.8 Å². The molecule has 5 rings (SSSR count). The minimum atomic E-state index is -0.268. The third kappa shape index (κ3) is 3.02. The van der Waals surface area contributed by atoms with Gasteiger partial charge in [0.1, 0.15) is 9.88 Å². The number of carbonyl (C=O) groups is 1. The Morgan fingerprint density at radius 3 is 2.80 bits per heavy atom. The molecule has 0 radical (unpaired) electrons. The number of nitrogens with zero attached hydrogens (tertiary/aromatic N) is 5. The third-order valence-electron chi connectivity index (χ3n) is 5.63. The largest absolute Gasteiger partial charge is 0.462 e. The molecule has 1 aliphatic rings. The highest BCUT2D eigenvalue weighted by atomic mass is 32.1. The lowest BCUT2D eigenvalue weighted by molar-refractivity contribution is 0.0530. The fraction of sp³-hybridized carbons (Fsp3) is 0.364. The van der Waals surface area contributed by atoms with Gasteiger partial charge in [0.2, 0.25) is 0 Å². The molecule has 4 aromatic rings. The Balaban J connectivity index is 1.62. The second-order valence-corrected chi connectivity index (χ2v) is 8.70. The van der Waals surface area contributed by atoms with Gasteiger partial charge in [-0.05, 0) is 45.7 Å². The molecular formula is C22H23N5O2S. The molecule has 0 aromatic carbocycles. The van der Waals surface area contributed by atoms with Gasteiger partial charge in [0.25, 0.3) is 0 Å². The predicted octanol–water partition coefficient (Wildman–Crippen LogP) is 4.53. The Hall–Kier alpha value is -3.00. The number of ether oxygens (including phenoxy) is 1. The fourth-order valence-electron chi connectivity index (χ4n) is 3.90. The molecule has 0 bridgehead atoms. The average molecular weight is 422 g/mol. The molecule has 4 heterocycles. The van der Waals surface area contributed by atoms with E-state index in [9.17, 15) is 4.79 Å². The van der Waals surface area contributed by atoms with Crippen LogP contribution < -0.4 is 0 Å². The van der Waals surface area contributed by atoms with E-state index in [2.05, 4.69) is 23.2 Å². The number of carbonyl (C=O) groups excluding carboxylic acids is 1. The van der Waals surface area contributed by atoms with Crippen LogP contribution in [0.1, 0.15) is 52.4 Å². The highest BCUT2D eigenvalue weighted by Gasteiger charge is 2.33. The zero-order valence-electron chi connectivity index (χ0n) is 17.5. The van der Waals surface area contributed by atoms with Crippen LogP contribution in [0.15, 0.2) is 24.5 Å². The number of aromatic nitrogens is 5. The van der Waals surface area contributed by atoms with Gasteiger partial charge in [-0.2, -0.15) is 10.2 Å². The van der Waals surface area contributed by atoms with Gasteiger partial charge in [0.15, 0.2) is 0 Å². The van der Waals surface area contributed by atoms with Crippen LogP contribution in [0.3, 0.4) is 0 Å². The highest BCUT2D eigenvalue weighted by Crippen LogP contribution is 2.44. The maximum atomic E-state index is 12.5. The van der Waals surface area contributed by atoms with E-state index >= 15 is 0 Å². The van der Waals surface area contributed by atoms with Crippen molar-refractivity contribution < 1.29 is 9.53 Å². The van der Waals surface area contributed by atoms with Gasteiger partial charge in [-0.1, -0.05) is 0 Å². The van der Waals surface area contributed by atoms with Gasteiger partial charge in [-0.3, -0.25) is 4.68 Å². The molecule has 0 spiro atoms. The first-order valence-corrected chi connectivity index (χ1v) is 11.0. The number of fused-ring (bicyclic) bond motifs is 1. The molecule has 0 saturated heterocycles. The fourth-order valence-corrected chi connectivity index (χ4v) is 4.94. The lowest BCUT2D eigenvalue weighted by Gasteiger charge is -2.03. The van der Waals surface area contributed by atoms with Crippen LogP contribution in [-0.2, 0) is 11.8 Å². The summed E-state index contributed by atoms with van der Waals surface area (Å²) in [7, 11) is 1.95. The molecule has 1 saturated carbocycles. The predicted molar refractivity (Wildman–Crippen MR) is 116 cm³/mol. The van der Waals surface area contributed by atoms with Crippen molar-refractivity contribution in [2.24, 2.45) is 7.05 Å². The standard InChI is InChI=1S/C22H23N5O2S/c1-5-29-22(28)20-19(14-6-7-14)24-21(30-20)15-8-9-27-17(10-15)16(11-23-27)18-12(2)25-26(4)13(18)3/h8-11,14H,5-7H2,1-4H3. The van der Waals surface area contributed by atoms with Gasteiger partial charge in [-0.15, -0.1) is 11.3 Å². The van der Waals surface area contributed by atoms with Crippen LogP contribution in [0.5, 0.6) is 0 Å². The van der Waals surface area contributed by atoms with E-state index in [0.29, 0.717) is 17.4 Å². The third-order valence-corrected chi connectivity index (χ3v) is 6.73. The minimum absolute atomic E-state index is 0.268. The number of hydrogen-bond acceptors (Lipinski definition) is 6. The van der Waals surface area contributed by atoms with Crippen LogP contribution in [0.4, 0.5) is 0 Å². The first kappa shape index (κ1) is 19.0. The molecular weight excluding hydrogens is 398 g/mol. The molecule has 4 aromatic heterocycles. The van der Waals surface area contributed by atoms with Gasteiger partial charge in [-0.25, -0.2) is 14.3 Å². The van der Waals surface area contributed by atoms with Crippen LogP contribution in [0.2, 0.25) is 0 Å². The summed E-state index contributed by atoms with van der Waals surface area (Å²) in [5.41, 5.74) is 7.09. The smallest absolute Gasteiger partial charge is 0.350 e. The average Bonchev–Trinajstić information content (AvgIpc) is 3.25. The van der Waals surface area contributed by atoms with E-state index in [1.54, 1.807) is 0 Å². The van der Waals surface area contributed by atoms with Crippen LogP contribution in [-0.4, -0.2) is 37.0 Å². The summed E-state index contributed by atoms with van der Waals surface area (Å²) in [5.74, 6) is 0.111. The van der Waals surface area contributed by atoms with E-state index in [-0.39, 0.29) is 5.97 Å². The lowest BCUT2D eigenvalue weighted by atomic mass is 10.0. The molecule has 0 unspecified atom stereocenters. The summed E-state index contributed by atoms with van der Waals surface area (Å²) in [4.78, 5) is 17.9. The summed E-state index contributed by atoms with van der Waals surface area (Å²) in [6, 6.07) is 4.09. The summed E-state index contributed by atoms with van der Waals surface area (Å²) >= 11 is 1.42.